The van der Waals surface area contributed by atoms with Crippen molar-refractivity contribution in [2.24, 2.45) is 0 Å². The monoisotopic (exact) mass is 362 g/mol. The second kappa shape index (κ2) is 8.14. The van der Waals surface area contributed by atoms with Gasteiger partial charge in [0.1, 0.15) is 6.33 Å². The maximum atomic E-state index is 12.9. The number of H-pyrrole nitrogens is 1. The van der Waals surface area contributed by atoms with E-state index in [9.17, 15) is 4.79 Å². The van der Waals surface area contributed by atoms with Crippen LogP contribution in [-0.4, -0.2) is 33.2 Å². The molecule has 0 saturated heterocycles. The lowest BCUT2D eigenvalue weighted by Gasteiger charge is -2.22. The number of ether oxygens (including phenoxy) is 1. The third-order valence-corrected chi connectivity index (χ3v) is 4.92. The van der Waals surface area contributed by atoms with E-state index in [2.05, 4.69) is 32.6 Å². The van der Waals surface area contributed by atoms with Crippen molar-refractivity contribution >= 4 is 5.91 Å². The molecule has 0 radical (unpaired) electrons. The van der Waals surface area contributed by atoms with E-state index in [0.717, 1.165) is 30.4 Å². The molecule has 1 aliphatic carbocycles. The molecule has 0 aliphatic heterocycles. The lowest BCUT2D eigenvalue weighted by atomic mass is 10.1. The summed E-state index contributed by atoms with van der Waals surface area (Å²) in [5, 5.41) is 9.86. The standard InChI is InChI=1S/C21H22N4O2/c26-21(17-10-5-4-9-16(17)20-22-14-23-25-20)24-18-11-6-12-19(18)27-13-15-7-2-1-3-8-15/h1-5,7-10,14,18-19H,6,11-13H2,(H,24,26)(H,22,23,25)/t18-,19-/m1/s1. The Bertz CT molecular complexity index is 880. The number of nitrogens with one attached hydrogen (secondary N) is 2. The molecule has 138 valence electrons. The number of amides is 1. The summed E-state index contributed by atoms with van der Waals surface area (Å²) in [5.41, 5.74) is 2.47. The lowest BCUT2D eigenvalue weighted by Crippen LogP contribution is -2.41. The molecular weight excluding hydrogens is 340 g/mol. The van der Waals surface area contributed by atoms with Crippen LogP contribution in [0.25, 0.3) is 11.4 Å². The molecule has 4 rings (SSSR count). The number of aromatic nitrogens is 3. The van der Waals surface area contributed by atoms with E-state index in [0.29, 0.717) is 18.0 Å². The van der Waals surface area contributed by atoms with Crippen molar-refractivity contribution in [1.82, 2.24) is 20.5 Å². The average molecular weight is 362 g/mol. The fourth-order valence-corrected chi connectivity index (χ4v) is 3.54. The predicted molar refractivity (Wildman–Crippen MR) is 102 cm³/mol. The summed E-state index contributed by atoms with van der Waals surface area (Å²) < 4.78 is 6.10. The normalized spacial score (nSPS) is 19.1. The molecule has 27 heavy (non-hydrogen) atoms. The minimum Gasteiger partial charge on any atom is -0.371 e. The maximum absolute atomic E-state index is 12.9. The fourth-order valence-electron chi connectivity index (χ4n) is 3.54. The highest BCUT2D eigenvalue weighted by Crippen LogP contribution is 2.25. The first kappa shape index (κ1) is 17.4. The van der Waals surface area contributed by atoms with E-state index in [1.807, 2.05) is 42.5 Å². The van der Waals surface area contributed by atoms with E-state index < -0.39 is 0 Å². The zero-order valence-corrected chi connectivity index (χ0v) is 15.0. The largest absolute Gasteiger partial charge is 0.371 e. The summed E-state index contributed by atoms with van der Waals surface area (Å²) in [7, 11) is 0. The van der Waals surface area contributed by atoms with E-state index in [1.165, 1.54) is 6.33 Å². The van der Waals surface area contributed by atoms with Crippen LogP contribution in [0.4, 0.5) is 0 Å². The zero-order chi connectivity index (χ0) is 18.5. The van der Waals surface area contributed by atoms with Crippen LogP contribution >= 0.6 is 0 Å². The van der Waals surface area contributed by atoms with Crippen LogP contribution in [0.5, 0.6) is 0 Å². The summed E-state index contributed by atoms with van der Waals surface area (Å²) in [6.07, 6.45) is 4.41. The topological polar surface area (TPSA) is 79.9 Å². The molecule has 1 aromatic heterocycles. The van der Waals surface area contributed by atoms with E-state index in [-0.39, 0.29) is 18.1 Å². The van der Waals surface area contributed by atoms with Gasteiger partial charge in [0.05, 0.1) is 24.3 Å². The molecule has 2 N–H and O–H groups in total. The van der Waals surface area contributed by atoms with Gasteiger partial charge in [0.2, 0.25) is 0 Å². The van der Waals surface area contributed by atoms with Crippen LogP contribution in [0, 0.1) is 0 Å². The Balaban J connectivity index is 1.43. The van der Waals surface area contributed by atoms with Gasteiger partial charge in [-0.3, -0.25) is 9.89 Å². The zero-order valence-electron chi connectivity index (χ0n) is 15.0. The SMILES string of the molecule is O=C(N[C@@H]1CCC[C@H]1OCc1ccccc1)c1ccccc1-c1ncn[nH]1. The van der Waals surface area contributed by atoms with Crippen molar-refractivity contribution in [2.45, 2.75) is 38.0 Å². The van der Waals surface area contributed by atoms with Crippen LogP contribution in [-0.2, 0) is 11.3 Å². The number of hydrogen-bond acceptors (Lipinski definition) is 4. The maximum Gasteiger partial charge on any atom is 0.252 e. The summed E-state index contributed by atoms with van der Waals surface area (Å²) in [6, 6.07) is 17.5. The summed E-state index contributed by atoms with van der Waals surface area (Å²) in [4.78, 5) is 17.1. The van der Waals surface area contributed by atoms with E-state index >= 15 is 0 Å². The Morgan fingerprint density at radius 2 is 1.93 bits per heavy atom. The second-order valence-electron chi connectivity index (χ2n) is 6.73. The number of rotatable bonds is 6. The van der Waals surface area contributed by atoms with Crippen molar-refractivity contribution in [2.75, 3.05) is 0 Å². The highest BCUT2D eigenvalue weighted by Gasteiger charge is 2.30. The van der Waals surface area contributed by atoms with Gasteiger partial charge < -0.3 is 10.1 Å². The Hall–Kier alpha value is -2.99. The second-order valence-corrected chi connectivity index (χ2v) is 6.73. The molecule has 3 aromatic rings. The third-order valence-electron chi connectivity index (χ3n) is 4.92. The molecule has 0 unspecified atom stereocenters. The van der Waals surface area contributed by atoms with Gasteiger partial charge in [-0.2, -0.15) is 5.10 Å². The van der Waals surface area contributed by atoms with Crippen LogP contribution in [0.15, 0.2) is 60.9 Å². The molecular formula is C21H22N4O2. The molecule has 1 amide bonds. The van der Waals surface area contributed by atoms with Crippen LogP contribution in [0.3, 0.4) is 0 Å². The van der Waals surface area contributed by atoms with Crippen LogP contribution in [0.2, 0.25) is 0 Å². The predicted octanol–water partition coefficient (Wildman–Crippen LogP) is 3.34. The van der Waals surface area contributed by atoms with Crippen molar-refractivity contribution in [3.05, 3.63) is 72.1 Å². The quantitative estimate of drug-likeness (QED) is 0.705. The van der Waals surface area contributed by atoms with Gasteiger partial charge in [-0.05, 0) is 30.9 Å². The molecule has 0 bridgehead atoms. The van der Waals surface area contributed by atoms with Gasteiger partial charge >= 0.3 is 0 Å². The van der Waals surface area contributed by atoms with Gasteiger partial charge in [-0.1, -0.05) is 48.5 Å². The highest BCUT2D eigenvalue weighted by atomic mass is 16.5. The minimum absolute atomic E-state index is 0.0176. The third kappa shape index (κ3) is 4.06. The minimum atomic E-state index is -0.109. The number of carbonyl (C=O) groups excluding carboxylic acids is 1. The van der Waals surface area contributed by atoms with Crippen LogP contribution < -0.4 is 5.32 Å². The molecule has 2 atom stereocenters. The average Bonchev–Trinajstić information content (AvgIpc) is 3.39. The summed E-state index contributed by atoms with van der Waals surface area (Å²) >= 11 is 0. The number of aromatic amines is 1. The Kier molecular flexibility index (Phi) is 5.25. The molecule has 2 aromatic carbocycles. The van der Waals surface area contributed by atoms with Crippen molar-refractivity contribution in [3.63, 3.8) is 0 Å². The number of hydrogen-bond donors (Lipinski definition) is 2. The molecule has 0 spiro atoms. The first-order valence-corrected chi connectivity index (χ1v) is 9.22. The Labute approximate surface area is 158 Å². The summed E-state index contributed by atoms with van der Waals surface area (Å²) in [5.74, 6) is 0.478. The molecule has 6 heteroatoms. The Morgan fingerprint density at radius 3 is 2.74 bits per heavy atom. The van der Waals surface area contributed by atoms with Crippen molar-refractivity contribution < 1.29 is 9.53 Å². The molecule has 1 heterocycles. The molecule has 1 aliphatic rings. The van der Waals surface area contributed by atoms with Crippen molar-refractivity contribution in [3.8, 4) is 11.4 Å². The smallest absolute Gasteiger partial charge is 0.252 e. The van der Waals surface area contributed by atoms with E-state index in [1.54, 1.807) is 0 Å². The van der Waals surface area contributed by atoms with Gasteiger partial charge in [0, 0.05) is 5.56 Å². The lowest BCUT2D eigenvalue weighted by molar-refractivity contribution is 0.0272. The van der Waals surface area contributed by atoms with Crippen LogP contribution in [0.1, 0.15) is 35.2 Å². The van der Waals surface area contributed by atoms with Gasteiger partial charge in [-0.25, -0.2) is 4.98 Å². The highest BCUT2D eigenvalue weighted by molar-refractivity contribution is 6.00. The first-order chi connectivity index (χ1) is 13.3. The number of carbonyl (C=O) groups is 1. The van der Waals surface area contributed by atoms with E-state index in [4.69, 9.17) is 4.74 Å². The van der Waals surface area contributed by atoms with Crippen molar-refractivity contribution in [1.29, 1.82) is 0 Å². The van der Waals surface area contributed by atoms with Gasteiger partial charge in [-0.15, -0.1) is 0 Å². The number of benzene rings is 2. The Morgan fingerprint density at radius 1 is 1.11 bits per heavy atom. The molecule has 1 fully saturated rings. The molecule has 1 saturated carbocycles. The van der Waals surface area contributed by atoms with Gasteiger partial charge in [0.25, 0.3) is 5.91 Å². The first-order valence-electron chi connectivity index (χ1n) is 9.22. The fraction of sp³-hybridized carbons (Fsp3) is 0.286. The van der Waals surface area contributed by atoms with Gasteiger partial charge in [0.15, 0.2) is 5.82 Å². The molecule has 6 nitrogen and oxygen atoms in total. The number of nitrogens with zero attached hydrogens (tertiary/aromatic N) is 2. The summed E-state index contributed by atoms with van der Waals surface area (Å²) in [6.45, 7) is 0.562.